The maximum absolute atomic E-state index is 11.9. The number of anilines is 2. The summed E-state index contributed by atoms with van der Waals surface area (Å²) in [5.74, 6) is 1.06. The van der Waals surface area contributed by atoms with E-state index in [1.54, 1.807) is 6.20 Å². The van der Waals surface area contributed by atoms with Gasteiger partial charge in [-0.1, -0.05) is 13.0 Å². The molecule has 0 amide bonds. The van der Waals surface area contributed by atoms with Crippen LogP contribution in [0.4, 0.5) is 11.6 Å². The largest absolute Gasteiger partial charge is 0.324 e. The molecule has 2 aromatic rings. The third-order valence-electron chi connectivity index (χ3n) is 4.01. The lowest BCUT2D eigenvalue weighted by atomic mass is 9.88. The van der Waals surface area contributed by atoms with E-state index >= 15 is 0 Å². The van der Waals surface area contributed by atoms with Gasteiger partial charge in [-0.25, -0.2) is 9.97 Å². The van der Waals surface area contributed by atoms with Gasteiger partial charge in [0, 0.05) is 18.3 Å². The number of hydrogen-bond donors (Lipinski definition) is 1. The molecule has 0 saturated heterocycles. The molecule has 0 radical (unpaired) electrons. The first-order valence-electron chi connectivity index (χ1n) is 7.26. The topological polar surface area (TPSA) is 54.9 Å². The Balaban J connectivity index is 1.88. The van der Waals surface area contributed by atoms with Gasteiger partial charge >= 0.3 is 0 Å². The van der Waals surface area contributed by atoms with Crippen LogP contribution in [-0.4, -0.2) is 15.8 Å². The number of nitrogens with zero attached hydrogens (tertiary/aromatic N) is 2. The van der Waals surface area contributed by atoms with E-state index in [-0.39, 0.29) is 5.78 Å². The van der Waals surface area contributed by atoms with Gasteiger partial charge in [0.15, 0.2) is 5.78 Å². The average Bonchev–Trinajstić information content (AvgIpc) is 2.42. The molecule has 108 valence electrons. The second-order valence-corrected chi connectivity index (χ2v) is 5.91. The van der Waals surface area contributed by atoms with Crippen LogP contribution in [0, 0.1) is 19.8 Å². The number of nitrogens with one attached hydrogen (secondary N) is 1. The molecule has 1 aliphatic carbocycles. The summed E-state index contributed by atoms with van der Waals surface area (Å²) in [6.07, 6.45) is 3.09. The van der Waals surface area contributed by atoms with Crippen molar-refractivity contribution in [3.63, 3.8) is 0 Å². The quantitative estimate of drug-likeness (QED) is 0.913. The van der Waals surface area contributed by atoms with Crippen molar-refractivity contribution in [2.75, 3.05) is 5.32 Å². The van der Waals surface area contributed by atoms with Gasteiger partial charge in [-0.15, -0.1) is 0 Å². The summed E-state index contributed by atoms with van der Waals surface area (Å²) < 4.78 is 0. The number of carbonyl (C=O) groups excluding carboxylic acids is 1. The van der Waals surface area contributed by atoms with Crippen molar-refractivity contribution in [2.24, 2.45) is 5.92 Å². The third-order valence-corrected chi connectivity index (χ3v) is 4.01. The zero-order chi connectivity index (χ0) is 15.0. The van der Waals surface area contributed by atoms with Crippen LogP contribution >= 0.6 is 0 Å². The minimum atomic E-state index is 0.154. The fourth-order valence-electron chi connectivity index (χ4n) is 2.64. The van der Waals surface area contributed by atoms with E-state index in [1.165, 1.54) is 11.1 Å². The molecular weight excluding hydrogens is 262 g/mol. The normalized spacial score (nSPS) is 17.5. The molecule has 1 aromatic carbocycles. The lowest BCUT2D eigenvalue weighted by Gasteiger charge is -2.19. The molecule has 3 rings (SSSR count). The van der Waals surface area contributed by atoms with Crippen LogP contribution in [0.3, 0.4) is 0 Å². The van der Waals surface area contributed by atoms with Crippen LogP contribution < -0.4 is 5.32 Å². The zero-order valence-electron chi connectivity index (χ0n) is 12.6. The molecule has 0 aliphatic heterocycles. The monoisotopic (exact) mass is 281 g/mol. The first kappa shape index (κ1) is 13.7. The number of aryl methyl sites for hydroxylation is 2. The number of fused-ring (bicyclic) bond motifs is 1. The van der Waals surface area contributed by atoms with Crippen LogP contribution in [0.2, 0.25) is 0 Å². The molecule has 1 N–H and O–H groups in total. The highest BCUT2D eigenvalue weighted by molar-refractivity contribution is 5.98. The van der Waals surface area contributed by atoms with Gasteiger partial charge in [-0.2, -0.15) is 0 Å². The van der Waals surface area contributed by atoms with Crippen LogP contribution in [0.25, 0.3) is 0 Å². The Morgan fingerprint density at radius 3 is 2.76 bits per heavy atom. The molecule has 0 fully saturated rings. The highest BCUT2D eigenvalue weighted by Crippen LogP contribution is 2.25. The van der Waals surface area contributed by atoms with Crippen LogP contribution in [0.15, 0.2) is 24.4 Å². The van der Waals surface area contributed by atoms with E-state index in [0.29, 0.717) is 23.9 Å². The smallest absolute Gasteiger partial charge is 0.227 e. The lowest BCUT2D eigenvalue weighted by molar-refractivity contribution is 0.0951. The minimum absolute atomic E-state index is 0.154. The molecule has 0 saturated carbocycles. The third kappa shape index (κ3) is 2.79. The van der Waals surface area contributed by atoms with Gasteiger partial charge in [0.2, 0.25) is 5.95 Å². The molecule has 1 aliphatic rings. The van der Waals surface area contributed by atoms with Crippen molar-refractivity contribution in [3.8, 4) is 0 Å². The van der Waals surface area contributed by atoms with Crippen LogP contribution in [0.5, 0.6) is 0 Å². The van der Waals surface area contributed by atoms with Gasteiger partial charge < -0.3 is 5.32 Å². The predicted octanol–water partition coefficient (Wildman–Crippen LogP) is 3.60. The maximum Gasteiger partial charge on any atom is 0.227 e. The number of carbonyl (C=O) groups is 1. The Hall–Kier alpha value is -2.23. The average molecular weight is 281 g/mol. The lowest BCUT2D eigenvalue weighted by Crippen LogP contribution is -2.20. The molecule has 0 spiro atoms. The summed E-state index contributed by atoms with van der Waals surface area (Å²) in [7, 11) is 0. The van der Waals surface area contributed by atoms with Crippen molar-refractivity contribution in [3.05, 3.63) is 46.8 Å². The molecule has 1 aromatic heterocycles. The zero-order valence-corrected chi connectivity index (χ0v) is 12.6. The van der Waals surface area contributed by atoms with Gasteiger partial charge in [0.05, 0.1) is 11.3 Å². The summed E-state index contributed by atoms with van der Waals surface area (Å²) in [6, 6.07) is 6.16. The van der Waals surface area contributed by atoms with Crippen molar-refractivity contribution >= 4 is 17.4 Å². The van der Waals surface area contributed by atoms with Crippen molar-refractivity contribution in [1.29, 1.82) is 0 Å². The molecule has 0 bridgehead atoms. The van der Waals surface area contributed by atoms with Crippen LogP contribution in [-0.2, 0) is 6.42 Å². The summed E-state index contributed by atoms with van der Waals surface area (Å²) in [5.41, 5.74) is 4.99. The van der Waals surface area contributed by atoms with E-state index in [9.17, 15) is 4.79 Å². The molecule has 0 unspecified atom stereocenters. The van der Waals surface area contributed by atoms with Crippen molar-refractivity contribution in [2.45, 2.75) is 33.6 Å². The highest BCUT2D eigenvalue weighted by Gasteiger charge is 2.24. The fourth-order valence-corrected chi connectivity index (χ4v) is 2.64. The first-order valence-corrected chi connectivity index (χ1v) is 7.26. The number of hydrogen-bond acceptors (Lipinski definition) is 4. The Labute approximate surface area is 124 Å². The molecule has 4 nitrogen and oxygen atoms in total. The Morgan fingerprint density at radius 2 is 2.00 bits per heavy atom. The minimum Gasteiger partial charge on any atom is -0.324 e. The molecule has 4 heteroatoms. The molecule has 21 heavy (non-hydrogen) atoms. The van der Waals surface area contributed by atoms with Gasteiger partial charge in [-0.05, 0) is 49.4 Å². The molecule has 1 heterocycles. The second kappa shape index (κ2) is 5.28. The summed E-state index contributed by atoms with van der Waals surface area (Å²) in [5, 5.41) is 3.22. The van der Waals surface area contributed by atoms with E-state index in [2.05, 4.69) is 48.2 Å². The molecule has 1 atom stereocenters. The van der Waals surface area contributed by atoms with Gasteiger partial charge in [-0.3, -0.25) is 4.79 Å². The number of Topliss-reactive ketones (excluding diaryl/α,β-unsaturated/α-hetero) is 1. The standard InChI is InChI=1S/C17H19N3O/c1-10-6-15-14(16(21)7-10)9-18-17(20-15)19-13-5-4-11(2)12(3)8-13/h4-5,8-10H,6-7H2,1-3H3,(H,18,19,20)/t10-/m0/s1. The number of rotatable bonds is 2. The SMILES string of the molecule is Cc1ccc(Nc2ncc3c(n2)C[C@H](C)CC3=O)cc1C. The number of ketones is 1. The van der Waals surface area contributed by atoms with Crippen molar-refractivity contribution < 1.29 is 4.79 Å². The van der Waals surface area contributed by atoms with Gasteiger partial charge in [0.1, 0.15) is 0 Å². The van der Waals surface area contributed by atoms with E-state index in [0.717, 1.165) is 17.8 Å². The summed E-state index contributed by atoms with van der Waals surface area (Å²) in [6.45, 7) is 6.25. The maximum atomic E-state index is 11.9. The molecular formula is C17H19N3O. The second-order valence-electron chi connectivity index (χ2n) is 5.91. The van der Waals surface area contributed by atoms with E-state index < -0.39 is 0 Å². The fraction of sp³-hybridized carbons (Fsp3) is 0.353. The van der Waals surface area contributed by atoms with Gasteiger partial charge in [0.25, 0.3) is 0 Å². The Morgan fingerprint density at radius 1 is 1.19 bits per heavy atom. The number of benzene rings is 1. The summed E-state index contributed by atoms with van der Waals surface area (Å²) >= 11 is 0. The highest BCUT2D eigenvalue weighted by atomic mass is 16.1. The summed E-state index contributed by atoms with van der Waals surface area (Å²) in [4.78, 5) is 20.7. The van der Waals surface area contributed by atoms with Crippen LogP contribution in [0.1, 0.15) is 40.5 Å². The predicted molar refractivity (Wildman–Crippen MR) is 83.0 cm³/mol. The van der Waals surface area contributed by atoms with E-state index in [4.69, 9.17) is 0 Å². The Bertz CT molecular complexity index is 709. The first-order chi connectivity index (χ1) is 10.0. The Kier molecular flexibility index (Phi) is 3.45. The number of aromatic nitrogens is 2. The van der Waals surface area contributed by atoms with Crippen molar-refractivity contribution in [1.82, 2.24) is 9.97 Å². The van der Waals surface area contributed by atoms with E-state index in [1.807, 2.05) is 6.07 Å².